The number of hydrogen-bond acceptors (Lipinski definition) is 3. The van der Waals surface area contributed by atoms with Crippen LogP contribution in [0.25, 0.3) is 0 Å². The van der Waals surface area contributed by atoms with Crippen molar-refractivity contribution in [3.8, 4) is 0 Å². The molecule has 0 fully saturated rings. The molecule has 0 aromatic rings. The second-order valence-electron chi connectivity index (χ2n) is 2.61. The lowest BCUT2D eigenvalue weighted by Crippen LogP contribution is -2.28. The van der Waals surface area contributed by atoms with E-state index < -0.39 is 6.10 Å². The van der Waals surface area contributed by atoms with Crippen LogP contribution in [0, 0.1) is 0 Å². The Morgan fingerprint density at radius 3 is 2.80 bits per heavy atom. The highest BCUT2D eigenvalue weighted by atomic mass is 16.5. The molecule has 1 rings (SSSR count). The van der Waals surface area contributed by atoms with Crippen molar-refractivity contribution in [2.75, 3.05) is 7.11 Å². The molecule has 1 aliphatic rings. The van der Waals surface area contributed by atoms with E-state index in [4.69, 9.17) is 4.74 Å². The third-order valence-electron chi connectivity index (χ3n) is 1.70. The molecule has 0 aromatic heterocycles. The van der Waals surface area contributed by atoms with Crippen LogP contribution in [-0.4, -0.2) is 30.3 Å². The van der Waals surface area contributed by atoms with Gasteiger partial charge in [-0.1, -0.05) is 0 Å². The Balaban J connectivity index is 2.62. The SMILES string of the molecule is COC1=N[C@@H](C)CC[C@@H]1O. The molecule has 1 N–H and O–H groups in total. The second kappa shape index (κ2) is 3.01. The van der Waals surface area contributed by atoms with Gasteiger partial charge in [-0.3, -0.25) is 4.99 Å². The van der Waals surface area contributed by atoms with Crippen LogP contribution in [0.2, 0.25) is 0 Å². The van der Waals surface area contributed by atoms with Crippen molar-refractivity contribution in [3.63, 3.8) is 0 Å². The number of nitrogens with zero attached hydrogens (tertiary/aromatic N) is 1. The molecule has 1 aliphatic heterocycles. The van der Waals surface area contributed by atoms with Crippen LogP contribution < -0.4 is 0 Å². The quantitative estimate of drug-likeness (QED) is 0.538. The maximum absolute atomic E-state index is 9.23. The molecule has 3 nitrogen and oxygen atoms in total. The van der Waals surface area contributed by atoms with Gasteiger partial charge in [0.15, 0.2) is 0 Å². The number of ether oxygens (including phenoxy) is 1. The first kappa shape index (κ1) is 7.54. The van der Waals surface area contributed by atoms with Gasteiger partial charge in [-0.2, -0.15) is 0 Å². The summed E-state index contributed by atoms with van der Waals surface area (Å²) in [5.74, 6) is 0.485. The molecule has 0 bridgehead atoms. The third kappa shape index (κ3) is 1.48. The zero-order valence-corrected chi connectivity index (χ0v) is 6.37. The molecule has 0 aromatic carbocycles. The van der Waals surface area contributed by atoms with Gasteiger partial charge in [-0.05, 0) is 19.8 Å². The number of aliphatic imine (C=N–C) groups is 1. The number of aliphatic hydroxyl groups is 1. The summed E-state index contributed by atoms with van der Waals surface area (Å²) in [6.07, 6.45) is 1.25. The average Bonchev–Trinajstić information content (AvgIpc) is 1.94. The number of aliphatic hydroxyl groups excluding tert-OH is 1. The smallest absolute Gasteiger partial charge is 0.213 e. The summed E-state index contributed by atoms with van der Waals surface area (Å²) in [5, 5.41) is 9.23. The lowest BCUT2D eigenvalue weighted by atomic mass is 10.1. The van der Waals surface area contributed by atoms with E-state index in [-0.39, 0.29) is 0 Å². The molecule has 0 amide bonds. The van der Waals surface area contributed by atoms with Crippen LogP contribution in [-0.2, 0) is 4.74 Å². The van der Waals surface area contributed by atoms with Crippen LogP contribution in [0.1, 0.15) is 19.8 Å². The Morgan fingerprint density at radius 1 is 1.60 bits per heavy atom. The maximum atomic E-state index is 9.23. The Kier molecular flexibility index (Phi) is 2.27. The highest BCUT2D eigenvalue weighted by Crippen LogP contribution is 2.13. The fourth-order valence-electron chi connectivity index (χ4n) is 1.08. The van der Waals surface area contributed by atoms with E-state index in [1.54, 1.807) is 7.11 Å². The molecule has 1 heterocycles. The van der Waals surface area contributed by atoms with E-state index in [0.29, 0.717) is 11.9 Å². The lowest BCUT2D eigenvalue weighted by molar-refractivity contribution is 0.178. The van der Waals surface area contributed by atoms with E-state index in [0.717, 1.165) is 12.8 Å². The zero-order valence-electron chi connectivity index (χ0n) is 6.37. The second-order valence-corrected chi connectivity index (χ2v) is 2.61. The van der Waals surface area contributed by atoms with Gasteiger partial charge in [0.1, 0.15) is 6.10 Å². The first-order valence-electron chi connectivity index (χ1n) is 3.53. The standard InChI is InChI=1S/C7H13NO2/c1-5-3-4-6(9)7(8-5)10-2/h5-6,9H,3-4H2,1-2H3/t5-,6-/m0/s1. The minimum atomic E-state index is -0.471. The van der Waals surface area contributed by atoms with E-state index in [1.165, 1.54) is 0 Å². The molecule has 10 heavy (non-hydrogen) atoms. The summed E-state index contributed by atoms with van der Waals surface area (Å²) < 4.78 is 4.87. The molecule has 3 heteroatoms. The van der Waals surface area contributed by atoms with Gasteiger partial charge in [0.2, 0.25) is 5.90 Å². The van der Waals surface area contributed by atoms with E-state index in [9.17, 15) is 5.11 Å². The fourth-order valence-corrected chi connectivity index (χ4v) is 1.08. The van der Waals surface area contributed by atoms with Crippen molar-refractivity contribution in [2.24, 2.45) is 4.99 Å². The predicted octanol–water partition coefficient (Wildman–Crippen LogP) is 0.574. The van der Waals surface area contributed by atoms with Crippen molar-refractivity contribution >= 4 is 5.90 Å². The summed E-state index contributed by atoms with van der Waals surface area (Å²) in [7, 11) is 1.54. The molecule has 0 aliphatic carbocycles. The third-order valence-corrected chi connectivity index (χ3v) is 1.70. The highest BCUT2D eigenvalue weighted by Gasteiger charge is 2.20. The van der Waals surface area contributed by atoms with E-state index in [1.807, 2.05) is 6.92 Å². The summed E-state index contributed by atoms with van der Waals surface area (Å²) in [6.45, 7) is 2.02. The Hall–Kier alpha value is -0.570. The lowest BCUT2D eigenvalue weighted by Gasteiger charge is -2.20. The van der Waals surface area contributed by atoms with Crippen molar-refractivity contribution < 1.29 is 9.84 Å². The predicted molar refractivity (Wildman–Crippen MR) is 39.1 cm³/mol. The van der Waals surface area contributed by atoms with Crippen molar-refractivity contribution in [1.82, 2.24) is 0 Å². The van der Waals surface area contributed by atoms with Crippen LogP contribution in [0.15, 0.2) is 4.99 Å². The van der Waals surface area contributed by atoms with Crippen LogP contribution in [0.3, 0.4) is 0 Å². The van der Waals surface area contributed by atoms with Gasteiger partial charge in [0.25, 0.3) is 0 Å². The van der Waals surface area contributed by atoms with Crippen molar-refractivity contribution in [1.29, 1.82) is 0 Å². The fraction of sp³-hybridized carbons (Fsp3) is 0.857. The minimum Gasteiger partial charge on any atom is -0.482 e. The molecule has 0 saturated heterocycles. The van der Waals surface area contributed by atoms with Gasteiger partial charge in [-0.15, -0.1) is 0 Å². The Bertz CT molecular complexity index is 145. The molecular formula is C7H13NO2. The van der Waals surface area contributed by atoms with Crippen molar-refractivity contribution in [2.45, 2.75) is 31.9 Å². The highest BCUT2D eigenvalue weighted by molar-refractivity contribution is 5.81. The monoisotopic (exact) mass is 143 g/mol. The molecule has 0 spiro atoms. The largest absolute Gasteiger partial charge is 0.482 e. The molecule has 2 atom stereocenters. The van der Waals surface area contributed by atoms with Crippen LogP contribution in [0.5, 0.6) is 0 Å². The van der Waals surface area contributed by atoms with Crippen LogP contribution in [0.4, 0.5) is 0 Å². The Morgan fingerprint density at radius 2 is 2.30 bits per heavy atom. The van der Waals surface area contributed by atoms with Gasteiger partial charge in [0.05, 0.1) is 13.2 Å². The van der Waals surface area contributed by atoms with Gasteiger partial charge >= 0.3 is 0 Å². The topological polar surface area (TPSA) is 41.8 Å². The molecule has 0 radical (unpaired) electrons. The molecule has 0 saturated carbocycles. The minimum absolute atomic E-state index is 0.304. The zero-order chi connectivity index (χ0) is 7.56. The van der Waals surface area contributed by atoms with Gasteiger partial charge < -0.3 is 9.84 Å². The normalized spacial score (nSPS) is 33.3. The summed E-state index contributed by atoms with van der Waals surface area (Å²) >= 11 is 0. The molecule has 58 valence electrons. The van der Waals surface area contributed by atoms with Gasteiger partial charge in [0, 0.05) is 0 Å². The summed E-state index contributed by atoms with van der Waals surface area (Å²) in [5.41, 5.74) is 0. The number of rotatable bonds is 0. The summed E-state index contributed by atoms with van der Waals surface area (Å²) in [6, 6.07) is 0.304. The van der Waals surface area contributed by atoms with Crippen molar-refractivity contribution in [3.05, 3.63) is 0 Å². The van der Waals surface area contributed by atoms with Crippen LogP contribution >= 0.6 is 0 Å². The van der Waals surface area contributed by atoms with E-state index in [2.05, 4.69) is 4.99 Å². The number of methoxy groups -OCH3 is 1. The average molecular weight is 143 g/mol. The summed E-state index contributed by atoms with van der Waals surface area (Å²) in [4.78, 5) is 4.13. The molecule has 0 unspecified atom stereocenters. The first-order chi connectivity index (χ1) is 4.74. The molecular weight excluding hydrogens is 130 g/mol. The van der Waals surface area contributed by atoms with E-state index >= 15 is 0 Å². The Labute approximate surface area is 60.7 Å². The van der Waals surface area contributed by atoms with Gasteiger partial charge in [-0.25, -0.2) is 0 Å². The first-order valence-corrected chi connectivity index (χ1v) is 3.53. The maximum Gasteiger partial charge on any atom is 0.213 e. The number of hydrogen-bond donors (Lipinski definition) is 1.